The molecule has 0 amide bonds. The summed E-state index contributed by atoms with van der Waals surface area (Å²) in [5.74, 6) is 0. The van der Waals surface area contributed by atoms with E-state index in [9.17, 15) is 18.5 Å². The van der Waals surface area contributed by atoms with Gasteiger partial charge < -0.3 is 0 Å². The number of unbranched alkanes of at least 4 members (excludes halogenated alkanes) is 1. The lowest BCUT2D eigenvalue weighted by Crippen LogP contribution is -2.32. The van der Waals surface area contributed by atoms with Crippen LogP contribution in [0.5, 0.6) is 0 Å². The van der Waals surface area contributed by atoms with Gasteiger partial charge in [-0.25, -0.2) is 13.1 Å². The Kier molecular flexibility index (Phi) is 6.89. The number of nitrogens with one attached hydrogen (secondary N) is 1. The fourth-order valence-corrected chi connectivity index (χ4v) is 5.50. The fourth-order valence-electron chi connectivity index (χ4n) is 3.60. The van der Waals surface area contributed by atoms with Crippen molar-refractivity contribution >= 4 is 27.3 Å². The summed E-state index contributed by atoms with van der Waals surface area (Å²) >= 11 is 6.06. The van der Waals surface area contributed by atoms with Crippen LogP contribution in [-0.4, -0.2) is 37.9 Å². The number of benzene rings is 2. The Morgan fingerprint density at radius 2 is 2.00 bits per heavy atom. The van der Waals surface area contributed by atoms with Gasteiger partial charge in [0.2, 0.25) is 10.0 Å². The molecule has 1 N–H and O–H groups in total. The van der Waals surface area contributed by atoms with Crippen molar-refractivity contribution in [3.05, 3.63) is 68.2 Å². The number of aryl methyl sites for hydroxylation is 1. The molecule has 1 aliphatic heterocycles. The van der Waals surface area contributed by atoms with Crippen LogP contribution in [0.15, 0.2) is 41.3 Å². The molecule has 0 bridgehead atoms. The lowest BCUT2D eigenvalue weighted by molar-refractivity contribution is -0.385. The van der Waals surface area contributed by atoms with E-state index in [2.05, 4.69) is 9.62 Å². The van der Waals surface area contributed by atoms with Gasteiger partial charge in [0.25, 0.3) is 5.69 Å². The molecular formula is C20H24ClN3O4S. The van der Waals surface area contributed by atoms with Gasteiger partial charge in [-0.1, -0.05) is 29.8 Å². The highest BCUT2D eigenvalue weighted by molar-refractivity contribution is 7.89. The second-order valence-corrected chi connectivity index (χ2v) is 9.34. The van der Waals surface area contributed by atoms with Gasteiger partial charge >= 0.3 is 0 Å². The van der Waals surface area contributed by atoms with Gasteiger partial charge in [0.15, 0.2) is 0 Å². The van der Waals surface area contributed by atoms with Crippen molar-refractivity contribution in [1.82, 2.24) is 9.62 Å². The Balaban J connectivity index is 1.48. The minimum atomic E-state index is -3.64. The monoisotopic (exact) mass is 437 g/mol. The molecule has 0 aliphatic carbocycles. The first-order chi connectivity index (χ1) is 13.8. The number of nitro benzene ring substituents is 1. The van der Waals surface area contributed by atoms with Crippen LogP contribution in [0.2, 0.25) is 5.02 Å². The van der Waals surface area contributed by atoms with Gasteiger partial charge in [-0.2, -0.15) is 0 Å². The van der Waals surface area contributed by atoms with Crippen LogP contribution in [0.1, 0.15) is 29.5 Å². The third kappa shape index (κ3) is 5.33. The maximum absolute atomic E-state index is 12.5. The molecule has 1 aliphatic rings. The van der Waals surface area contributed by atoms with Crippen LogP contribution >= 0.6 is 11.6 Å². The third-order valence-corrected chi connectivity index (χ3v) is 7.21. The molecule has 1 heterocycles. The first-order valence-electron chi connectivity index (χ1n) is 9.51. The van der Waals surface area contributed by atoms with Crippen LogP contribution in [0.3, 0.4) is 0 Å². The maximum Gasteiger partial charge on any atom is 0.269 e. The summed E-state index contributed by atoms with van der Waals surface area (Å²) in [6.07, 6.45) is 2.39. The van der Waals surface area contributed by atoms with Crippen molar-refractivity contribution in [3.8, 4) is 0 Å². The summed E-state index contributed by atoms with van der Waals surface area (Å²) in [7, 11) is -3.64. The molecular weight excluding hydrogens is 414 g/mol. The number of non-ortho nitro benzene ring substituents is 1. The summed E-state index contributed by atoms with van der Waals surface area (Å²) in [4.78, 5) is 13.0. The Morgan fingerprint density at radius 3 is 2.72 bits per heavy atom. The van der Waals surface area contributed by atoms with E-state index in [1.54, 1.807) is 37.3 Å². The highest BCUT2D eigenvalue weighted by Crippen LogP contribution is 2.25. The molecule has 0 spiro atoms. The quantitative estimate of drug-likeness (QED) is 0.386. The number of nitrogens with zero attached hydrogens (tertiary/aromatic N) is 2. The van der Waals surface area contributed by atoms with Gasteiger partial charge in [-0.3, -0.25) is 15.0 Å². The molecule has 2 aromatic carbocycles. The number of hydrogen-bond acceptors (Lipinski definition) is 5. The van der Waals surface area contributed by atoms with Gasteiger partial charge in [0.1, 0.15) is 4.90 Å². The smallest absolute Gasteiger partial charge is 0.269 e. The fraction of sp³-hybridized carbons (Fsp3) is 0.400. The van der Waals surface area contributed by atoms with Crippen molar-refractivity contribution in [2.75, 3.05) is 19.6 Å². The highest BCUT2D eigenvalue weighted by Gasteiger charge is 2.21. The molecule has 0 unspecified atom stereocenters. The minimum Gasteiger partial charge on any atom is -0.299 e. The Morgan fingerprint density at radius 1 is 1.21 bits per heavy atom. The molecule has 156 valence electrons. The summed E-state index contributed by atoms with van der Waals surface area (Å²) < 4.78 is 27.6. The van der Waals surface area contributed by atoms with Crippen molar-refractivity contribution in [3.63, 3.8) is 0 Å². The number of hydrogen-bond donors (Lipinski definition) is 1. The van der Waals surface area contributed by atoms with Crippen LogP contribution in [0.4, 0.5) is 5.69 Å². The number of rotatable bonds is 8. The second kappa shape index (κ2) is 9.21. The van der Waals surface area contributed by atoms with Crippen LogP contribution in [0, 0.1) is 17.0 Å². The normalized spacial score (nSPS) is 14.6. The lowest BCUT2D eigenvalue weighted by Gasteiger charge is -2.28. The van der Waals surface area contributed by atoms with Crippen molar-refractivity contribution in [1.29, 1.82) is 0 Å². The number of nitro groups is 1. The molecule has 0 aromatic heterocycles. The van der Waals surface area contributed by atoms with E-state index in [0.29, 0.717) is 25.1 Å². The van der Waals surface area contributed by atoms with E-state index in [-0.39, 0.29) is 20.5 Å². The molecule has 0 fully saturated rings. The lowest BCUT2D eigenvalue weighted by atomic mass is 9.99. The molecule has 0 saturated heterocycles. The second-order valence-electron chi connectivity index (χ2n) is 7.23. The standard InChI is InChI=1S/C20H24ClN3O4S/c1-15-5-4-6-19(21)20(15)29(27,28)22-10-2-3-11-23-12-9-16-7-8-18(24(25)26)13-17(16)14-23/h4-8,13,22H,2-3,9-12,14H2,1H3. The zero-order chi connectivity index (χ0) is 21.0. The van der Waals surface area contributed by atoms with E-state index in [1.165, 1.54) is 0 Å². The van der Waals surface area contributed by atoms with Crippen molar-refractivity contribution in [2.45, 2.75) is 37.6 Å². The van der Waals surface area contributed by atoms with Gasteiger partial charge in [0, 0.05) is 31.8 Å². The summed E-state index contributed by atoms with van der Waals surface area (Å²) in [6.45, 7) is 4.45. The van der Waals surface area contributed by atoms with E-state index in [4.69, 9.17) is 11.6 Å². The molecule has 0 saturated carbocycles. The first-order valence-corrected chi connectivity index (χ1v) is 11.4. The maximum atomic E-state index is 12.5. The third-order valence-electron chi connectivity index (χ3n) is 5.12. The Hall–Kier alpha value is -2.00. The summed E-state index contributed by atoms with van der Waals surface area (Å²) in [5.41, 5.74) is 2.90. The van der Waals surface area contributed by atoms with E-state index < -0.39 is 10.0 Å². The highest BCUT2D eigenvalue weighted by atomic mass is 35.5. The molecule has 7 nitrogen and oxygen atoms in total. The average Bonchev–Trinajstić information content (AvgIpc) is 2.66. The van der Waals surface area contributed by atoms with E-state index in [0.717, 1.165) is 37.1 Å². The van der Waals surface area contributed by atoms with Crippen LogP contribution in [0.25, 0.3) is 0 Å². The average molecular weight is 438 g/mol. The Labute approximate surface area is 175 Å². The predicted octanol–water partition coefficient (Wildman–Crippen LogP) is 3.67. The van der Waals surface area contributed by atoms with E-state index >= 15 is 0 Å². The van der Waals surface area contributed by atoms with Crippen LogP contribution in [-0.2, 0) is 23.0 Å². The largest absolute Gasteiger partial charge is 0.299 e. The minimum absolute atomic E-state index is 0.120. The topological polar surface area (TPSA) is 92.6 Å². The first kappa shape index (κ1) is 21.7. The van der Waals surface area contributed by atoms with Gasteiger partial charge in [-0.05, 0) is 55.5 Å². The van der Waals surface area contributed by atoms with Gasteiger partial charge in [-0.15, -0.1) is 0 Å². The SMILES string of the molecule is Cc1cccc(Cl)c1S(=O)(=O)NCCCCN1CCc2ccc([N+](=O)[O-])cc2C1. The molecule has 29 heavy (non-hydrogen) atoms. The summed E-state index contributed by atoms with van der Waals surface area (Å²) in [6, 6.07) is 10.1. The predicted molar refractivity (Wildman–Crippen MR) is 113 cm³/mol. The van der Waals surface area contributed by atoms with E-state index in [1.807, 2.05) is 6.07 Å². The van der Waals surface area contributed by atoms with Gasteiger partial charge in [0.05, 0.1) is 9.95 Å². The molecule has 0 atom stereocenters. The van der Waals surface area contributed by atoms with Crippen molar-refractivity contribution in [2.24, 2.45) is 0 Å². The van der Waals surface area contributed by atoms with Crippen LogP contribution < -0.4 is 4.72 Å². The molecule has 9 heteroatoms. The summed E-state index contributed by atoms with van der Waals surface area (Å²) in [5, 5.41) is 11.2. The molecule has 0 radical (unpaired) electrons. The number of sulfonamides is 1. The van der Waals surface area contributed by atoms with Crippen molar-refractivity contribution < 1.29 is 13.3 Å². The Bertz CT molecular complexity index is 991. The zero-order valence-corrected chi connectivity index (χ0v) is 17.8. The zero-order valence-electron chi connectivity index (χ0n) is 16.2. The number of halogens is 1. The molecule has 2 aromatic rings. The number of fused-ring (bicyclic) bond motifs is 1. The molecule has 3 rings (SSSR count).